The molecule has 6 nitrogen and oxygen atoms in total. The molecule has 2 aromatic heterocycles. The largest absolute Gasteiger partial charge is 0.416 e. The zero-order chi connectivity index (χ0) is 20.8. The third-order valence-electron chi connectivity index (χ3n) is 4.43. The Hall–Kier alpha value is -3.18. The van der Waals surface area contributed by atoms with Gasteiger partial charge in [0.2, 0.25) is 5.95 Å². The van der Waals surface area contributed by atoms with Crippen molar-refractivity contribution in [2.24, 2.45) is 0 Å². The van der Waals surface area contributed by atoms with Gasteiger partial charge in [0.25, 0.3) is 11.8 Å². The quantitative estimate of drug-likeness (QED) is 0.608. The summed E-state index contributed by atoms with van der Waals surface area (Å²) in [6.45, 7) is 0. The fraction of sp³-hybridized carbons (Fsp3) is 0.294. The van der Waals surface area contributed by atoms with Crippen LogP contribution in [0.2, 0.25) is 0 Å². The van der Waals surface area contributed by atoms with Gasteiger partial charge in [-0.25, -0.2) is 14.4 Å². The fourth-order valence-electron chi connectivity index (χ4n) is 2.91. The number of hydrogen-bond donors (Lipinski definition) is 1. The fourth-order valence-corrected chi connectivity index (χ4v) is 2.91. The molecule has 1 aromatic carbocycles. The van der Waals surface area contributed by atoms with Gasteiger partial charge in [-0.05, 0) is 30.5 Å². The van der Waals surface area contributed by atoms with Crippen molar-refractivity contribution in [2.45, 2.75) is 31.0 Å². The van der Waals surface area contributed by atoms with E-state index < -0.39 is 35.4 Å². The number of benzene rings is 1. The number of halogens is 6. The van der Waals surface area contributed by atoms with Crippen molar-refractivity contribution < 1.29 is 30.8 Å². The molecule has 3 aromatic rings. The summed E-state index contributed by atoms with van der Waals surface area (Å²) in [6.07, 6.45) is -4.48. The molecule has 2 heterocycles. The smallest absolute Gasteiger partial charge is 0.415 e. The molecule has 0 saturated heterocycles. The number of rotatable bonds is 5. The Balaban J connectivity index is 1.58. The van der Waals surface area contributed by atoms with Crippen LogP contribution in [0, 0.1) is 5.82 Å². The molecule has 0 aliphatic heterocycles. The van der Waals surface area contributed by atoms with E-state index in [2.05, 4.69) is 25.5 Å². The van der Waals surface area contributed by atoms with Crippen molar-refractivity contribution in [3.63, 3.8) is 0 Å². The van der Waals surface area contributed by atoms with Crippen LogP contribution in [-0.2, 0) is 11.7 Å². The maximum atomic E-state index is 13.4. The first-order valence-corrected chi connectivity index (χ1v) is 8.27. The first-order chi connectivity index (χ1) is 13.7. The van der Waals surface area contributed by atoms with E-state index in [1.54, 1.807) is 0 Å². The first-order valence-electron chi connectivity index (χ1n) is 8.27. The summed E-state index contributed by atoms with van der Waals surface area (Å²) < 4.78 is 83.1. The van der Waals surface area contributed by atoms with Crippen molar-refractivity contribution in [2.75, 3.05) is 5.32 Å². The van der Waals surface area contributed by atoms with E-state index in [0.29, 0.717) is 18.9 Å². The van der Waals surface area contributed by atoms with Gasteiger partial charge in [-0.1, -0.05) is 6.07 Å². The van der Waals surface area contributed by atoms with Gasteiger partial charge < -0.3 is 9.73 Å². The summed E-state index contributed by atoms with van der Waals surface area (Å²) >= 11 is 0. The zero-order valence-electron chi connectivity index (χ0n) is 14.3. The van der Waals surface area contributed by atoms with E-state index in [4.69, 9.17) is 4.42 Å². The highest BCUT2D eigenvalue weighted by Crippen LogP contribution is 2.51. The minimum absolute atomic E-state index is 0.0114. The van der Waals surface area contributed by atoms with Crippen LogP contribution in [0.5, 0.6) is 0 Å². The molecule has 1 N–H and O–H groups in total. The lowest BCUT2D eigenvalue weighted by atomic mass is 9.97. The maximum Gasteiger partial charge on any atom is 0.416 e. The second-order valence-electron chi connectivity index (χ2n) is 6.44. The number of anilines is 1. The highest BCUT2D eigenvalue weighted by atomic mass is 19.4. The lowest BCUT2D eigenvalue weighted by Crippen LogP contribution is -2.24. The molecule has 4 rings (SSSR count). The predicted octanol–water partition coefficient (Wildman–Crippen LogP) is 4.72. The summed E-state index contributed by atoms with van der Waals surface area (Å²) in [6, 6.07) is 2.51. The van der Waals surface area contributed by atoms with Crippen LogP contribution in [-0.4, -0.2) is 20.2 Å². The van der Waals surface area contributed by atoms with Crippen molar-refractivity contribution in [3.05, 3.63) is 53.4 Å². The summed E-state index contributed by atoms with van der Waals surface area (Å²) in [5, 5.41) is 9.50. The molecule has 0 unspecified atom stereocenters. The molecule has 1 aliphatic carbocycles. The van der Waals surface area contributed by atoms with Gasteiger partial charge in [-0.15, -0.1) is 10.2 Å². The van der Waals surface area contributed by atoms with E-state index in [0.717, 1.165) is 12.1 Å². The van der Waals surface area contributed by atoms with Crippen LogP contribution in [0.3, 0.4) is 0 Å². The van der Waals surface area contributed by atoms with E-state index in [-0.39, 0.29) is 23.0 Å². The van der Waals surface area contributed by atoms with Gasteiger partial charge in [-0.2, -0.15) is 22.0 Å². The standard InChI is InChI=1S/C17H11F6N5O/c18-9-1-2-10(11(5-9)17(21,22)23)16(3-4-16)26-15-24-6-8(7-25-15)13-27-28-14(29-13)12(19)20/h1-2,5-7,12H,3-4H2,(H,24,25,26). The van der Waals surface area contributed by atoms with Gasteiger partial charge in [0.05, 0.1) is 16.7 Å². The normalized spacial score (nSPS) is 15.6. The average molecular weight is 415 g/mol. The van der Waals surface area contributed by atoms with Gasteiger partial charge in [0, 0.05) is 12.4 Å². The highest BCUT2D eigenvalue weighted by molar-refractivity contribution is 5.52. The summed E-state index contributed by atoms with van der Waals surface area (Å²) in [7, 11) is 0. The third kappa shape index (κ3) is 3.74. The Kier molecular flexibility index (Phi) is 4.43. The number of alkyl halides is 5. The molecule has 152 valence electrons. The van der Waals surface area contributed by atoms with Crippen molar-refractivity contribution in [3.8, 4) is 11.5 Å². The molecule has 29 heavy (non-hydrogen) atoms. The Labute approximate surface area is 159 Å². The van der Waals surface area contributed by atoms with Crippen LogP contribution in [0.1, 0.15) is 36.3 Å². The first kappa shape index (κ1) is 19.2. The van der Waals surface area contributed by atoms with Crippen LogP contribution < -0.4 is 5.32 Å². The molecule has 1 saturated carbocycles. The molecular formula is C17H11F6N5O. The summed E-state index contributed by atoms with van der Waals surface area (Å²) in [5.74, 6) is -2.04. The number of aromatic nitrogens is 4. The molecule has 0 amide bonds. The molecule has 0 bridgehead atoms. The van der Waals surface area contributed by atoms with Gasteiger partial charge in [0.15, 0.2) is 0 Å². The van der Waals surface area contributed by atoms with E-state index in [1.807, 2.05) is 0 Å². The Morgan fingerprint density at radius 1 is 1.07 bits per heavy atom. The molecular weight excluding hydrogens is 404 g/mol. The van der Waals surface area contributed by atoms with Gasteiger partial charge in [0.1, 0.15) is 5.82 Å². The summed E-state index contributed by atoms with van der Waals surface area (Å²) in [5.41, 5.74) is -2.08. The van der Waals surface area contributed by atoms with Crippen LogP contribution >= 0.6 is 0 Å². The average Bonchev–Trinajstić information content (AvgIpc) is 3.26. The summed E-state index contributed by atoms with van der Waals surface area (Å²) in [4.78, 5) is 7.95. The van der Waals surface area contributed by atoms with Crippen molar-refractivity contribution >= 4 is 5.95 Å². The highest BCUT2D eigenvalue weighted by Gasteiger charge is 2.50. The topological polar surface area (TPSA) is 76.7 Å². The minimum Gasteiger partial charge on any atom is -0.415 e. The van der Waals surface area contributed by atoms with E-state index >= 15 is 0 Å². The molecule has 1 fully saturated rings. The van der Waals surface area contributed by atoms with Crippen molar-refractivity contribution in [1.82, 2.24) is 20.2 Å². The van der Waals surface area contributed by atoms with E-state index in [1.165, 1.54) is 12.4 Å². The predicted molar refractivity (Wildman–Crippen MR) is 86.2 cm³/mol. The number of nitrogens with one attached hydrogen (secondary N) is 1. The SMILES string of the molecule is Fc1ccc(C2(Nc3ncc(-c4nnc(C(F)F)o4)cn3)CC2)c(C(F)(F)F)c1. The zero-order valence-corrected chi connectivity index (χ0v) is 14.3. The monoisotopic (exact) mass is 415 g/mol. The second kappa shape index (κ2) is 6.71. The lowest BCUT2D eigenvalue weighted by Gasteiger charge is -2.22. The molecule has 0 spiro atoms. The van der Waals surface area contributed by atoms with E-state index in [9.17, 15) is 26.3 Å². The minimum atomic E-state index is -4.72. The van der Waals surface area contributed by atoms with Crippen LogP contribution in [0.15, 0.2) is 35.0 Å². The maximum absolute atomic E-state index is 13.4. The Morgan fingerprint density at radius 3 is 2.31 bits per heavy atom. The van der Waals surface area contributed by atoms with Gasteiger partial charge >= 0.3 is 12.6 Å². The Bertz CT molecular complexity index is 1030. The van der Waals surface area contributed by atoms with Crippen molar-refractivity contribution in [1.29, 1.82) is 0 Å². The molecule has 1 aliphatic rings. The lowest BCUT2D eigenvalue weighted by molar-refractivity contribution is -0.138. The number of hydrogen-bond acceptors (Lipinski definition) is 6. The second-order valence-corrected chi connectivity index (χ2v) is 6.44. The molecule has 12 heteroatoms. The molecule has 0 radical (unpaired) electrons. The Morgan fingerprint density at radius 2 is 1.76 bits per heavy atom. The van der Waals surface area contributed by atoms with Crippen LogP contribution in [0.25, 0.3) is 11.5 Å². The van der Waals surface area contributed by atoms with Crippen LogP contribution in [0.4, 0.5) is 32.3 Å². The molecule has 0 atom stereocenters. The number of nitrogens with zero attached hydrogens (tertiary/aromatic N) is 4. The third-order valence-corrected chi connectivity index (χ3v) is 4.43. The van der Waals surface area contributed by atoms with Gasteiger partial charge in [-0.3, -0.25) is 0 Å².